The molecule has 0 rings (SSSR count). The Morgan fingerprint density at radius 2 is 1.23 bits per heavy atom. The van der Waals surface area contributed by atoms with E-state index in [0.717, 1.165) is 50.9 Å². The first-order chi connectivity index (χ1) is 16.6. The van der Waals surface area contributed by atoms with E-state index in [1.807, 2.05) is 0 Å². The molecule has 0 saturated heterocycles. The van der Waals surface area contributed by atoms with Crippen molar-refractivity contribution < 1.29 is 38.9 Å². The smallest absolute Gasteiger partial charge is 0.336 e. The Bertz CT molecular complexity index is 616. The van der Waals surface area contributed by atoms with Crippen LogP contribution < -0.4 is 0 Å². The molecule has 0 aliphatic heterocycles. The van der Waals surface area contributed by atoms with E-state index in [9.17, 15) is 29.4 Å². The lowest BCUT2D eigenvalue weighted by Crippen LogP contribution is -2.43. The molecule has 0 aliphatic carbocycles. The van der Waals surface area contributed by atoms with Crippen molar-refractivity contribution in [3.63, 3.8) is 0 Å². The molecule has 0 aromatic carbocycles. The SMILES string of the molecule is CCCCCCCC(=O)OC(=O)CC(O)(CC(=O)OCCCCCCCCCCC(C)C)C(=O)O. The lowest BCUT2D eigenvalue weighted by atomic mass is 9.96. The van der Waals surface area contributed by atoms with Gasteiger partial charge in [-0.25, -0.2) is 4.79 Å². The summed E-state index contributed by atoms with van der Waals surface area (Å²) >= 11 is 0. The lowest BCUT2D eigenvalue weighted by Gasteiger charge is -2.21. The van der Waals surface area contributed by atoms with Crippen molar-refractivity contribution in [1.82, 2.24) is 0 Å². The zero-order chi connectivity index (χ0) is 26.5. The number of carbonyl (C=O) groups is 4. The van der Waals surface area contributed by atoms with Crippen molar-refractivity contribution >= 4 is 23.9 Å². The molecule has 0 radical (unpaired) electrons. The minimum absolute atomic E-state index is 0.0428. The van der Waals surface area contributed by atoms with E-state index in [-0.39, 0.29) is 13.0 Å². The average molecular weight is 501 g/mol. The molecule has 0 saturated carbocycles. The zero-order valence-corrected chi connectivity index (χ0v) is 22.1. The van der Waals surface area contributed by atoms with Crippen molar-refractivity contribution in [1.29, 1.82) is 0 Å². The number of rotatable bonds is 22. The van der Waals surface area contributed by atoms with Crippen molar-refractivity contribution in [2.24, 2.45) is 5.92 Å². The first kappa shape index (κ1) is 33.0. The predicted molar refractivity (Wildman–Crippen MR) is 134 cm³/mol. The van der Waals surface area contributed by atoms with Gasteiger partial charge in [0.15, 0.2) is 5.60 Å². The van der Waals surface area contributed by atoms with Gasteiger partial charge in [0.2, 0.25) is 0 Å². The number of hydrogen-bond donors (Lipinski definition) is 2. The fourth-order valence-electron chi connectivity index (χ4n) is 3.73. The Hall–Kier alpha value is -1.96. The van der Waals surface area contributed by atoms with Crippen LogP contribution in [-0.4, -0.2) is 46.3 Å². The third kappa shape index (κ3) is 19.0. The van der Waals surface area contributed by atoms with E-state index in [1.165, 1.54) is 32.1 Å². The number of ether oxygens (including phenoxy) is 2. The topological polar surface area (TPSA) is 127 Å². The van der Waals surface area contributed by atoms with Gasteiger partial charge in [0, 0.05) is 6.42 Å². The number of carbonyl (C=O) groups excluding carboxylic acids is 3. The van der Waals surface area contributed by atoms with Gasteiger partial charge in [-0.1, -0.05) is 97.8 Å². The molecule has 0 amide bonds. The summed E-state index contributed by atoms with van der Waals surface area (Å²) in [4.78, 5) is 47.2. The van der Waals surface area contributed by atoms with Gasteiger partial charge in [0.25, 0.3) is 0 Å². The summed E-state index contributed by atoms with van der Waals surface area (Å²) in [5.74, 6) is -3.83. The van der Waals surface area contributed by atoms with Crippen molar-refractivity contribution in [2.45, 2.75) is 136 Å². The number of hydrogen-bond acceptors (Lipinski definition) is 7. The molecule has 0 fully saturated rings. The quantitative estimate of drug-likeness (QED) is 0.110. The standard InChI is InChI=1S/C27H48O8/c1-4-5-6-11-15-18-23(28)35-25(30)21-27(33,26(31)32)20-24(29)34-19-16-13-10-8-7-9-12-14-17-22(2)3/h22,33H,4-21H2,1-3H3,(H,31,32). The number of aliphatic carboxylic acids is 1. The van der Waals surface area contributed by atoms with Crippen LogP contribution in [-0.2, 0) is 28.7 Å². The molecular weight excluding hydrogens is 452 g/mol. The van der Waals surface area contributed by atoms with E-state index >= 15 is 0 Å². The minimum Gasteiger partial charge on any atom is -0.479 e. The van der Waals surface area contributed by atoms with E-state index in [4.69, 9.17) is 4.74 Å². The van der Waals surface area contributed by atoms with Gasteiger partial charge in [-0.3, -0.25) is 14.4 Å². The Balaban J connectivity index is 4.09. The summed E-state index contributed by atoms with van der Waals surface area (Å²) in [6.07, 6.45) is 12.7. The van der Waals surface area contributed by atoms with Crippen LogP contribution in [0.1, 0.15) is 130 Å². The second-order valence-corrected chi connectivity index (χ2v) is 9.93. The summed E-state index contributed by atoms with van der Waals surface area (Å²) in [5, 5.41) is 19.6. The fourth-order valence-corrected chi connectivity index (χ4v) is 3.73. The first-order valence-electron chi connectivity index (χ1n) is 13.5. The average Bonchev–Trinajstić information content (AvgIpc) is 2.76. The molecule has 8 heteroatoms. The number of aliphatic hydroxyl groups is 1. The van der Waals surface area contributed by atoms with Crippen LogP contribution >= 0.6 is 0 Å². The van der Waals surface area contributed by atoms with Crippen molar-refractivity contribution in [3.8, 4) is 0 Å². The highest BCUT2D eigenvalue weighted by atomic mass is 16.6. The summed E-state index contributed by atoms with van der Waals surface area (Å²) in [6, 6.07) is 0. The van der Waals surface area contributed by atoms with Crippen LogP contribution in [0.2, 0.25) is 0 Å². The Morgan fingerprint density at radius 3 is 1.80 bits per heavy atom. The molecule has 0 spiro atoms. The highest BCUT2D eigenvalue weighted by Gasteiger charge is 2.42. The zero-order valence-electron chi connectivity index (χ0n) is 22.1. The highest BCUT2D eigenvalue weighted by molar-refractivity contribution is 5.92. The van der Waals surface area contributed by atoms with Gasteiger partial charge >= 0.3 is 23.9 Å². The van der Waals surface area contributed by atoms with Gasteiger partial charge in [0.05, 0.1) is 19.4 Å². The van der Waals surface area contributed by atoms with Gasteiger partial charge in [0.1, 0.15) is 0 Å². The maximum Gasteiger partial charge on any atom is 0.336 e. The van der Waals surface area contributed by atoms with Crippen LogP contribution in [0, 0.1) is 5.92 Å². The molecule has 8 nitrogen and oxygen atoms in total. The van der Waals surface area contributed by atoms with Crippen LogP contribution in [0.3, 0.4) is 0 Å². The van der Waals surface area contributed by atoms with E-state index in [2.05, 4.69) is 25.5 Å². The van der Waals surface area contributed by atoms with Crippen LogP contribution in [0.5, 0.6) is 0 Å². The van der Waals surface area contributed by atoms with Gasteiger partial charge in [-0.05, 0) is 18.8 Å². The van der Waals surface area contributed by atoms with Crippen LogP contribution in [0.4, 0.5) is 0 Å². The third-order valence-corrected chi connectivity index (χ3v) is 5.92. The van der Waals surface area contributed by atoms with Gasteiger partial charge in [-0.2, -0.15) is 0 Å². The second-order valence-electron chi connectivity index (χ2n) is 9.93. The summed E-state index contributed by atoms with van der Waals surface area (Å²) in [5.41, 5.74) is -2.68. The van der Waals surface area contributed by atoms with Gasteiger partial charge < -0.3 is 19.7 Å². The molecule has 35 heavy (non-hydrogen) atoms. The van der Waals surface area contributed by atoms with Crippen LogP contribution in [0.15, 0.2) is 0 Å². The molecule has 1 unspecified atom stereocenters. The normalized spacial score (nSPS) is 12.8. The number of unbranched alkanes of at least 4 members (excludes halogenated alkanes) is 11. The Morgan fingerprint density at radius 1 is 0.714 bits per heavy atom. The first-order valence-corrected chi connectivity index (χ1v) is 13.5. The monoisotopic (exact) mass is 500 g/mol. The summed E-state index contributed by atoms with van der Waals surface area (Å²) in [6.45, 7) is 6.68. The predicted octanol–water partition coefficient (Wildman–Crippen LogP) is 5.72. The molecule has 0 aromatic heterocycles. The maximum atomic E-state index is 12.0. The maximum absolute atomic E-state index is 12.0. The van der Waals surface area contributed by atoms with E-state index < -0.39 is 42.3 Å². The molecule has 0 aromatic rings. The van der Waals surface area contributed by atoms with Gasteiger partial charge in [-0.15, -0.1) is 0 Å². The molecule has 204 valence electrons. The molecule has 2 N–H and O–H groups in total. The van der Waals surface area contributed by atoms with Crippen LogP contribution in [0.25, 0.3) is 0 Å². The second kappa shape index (κ2) is 20.3. The third-order valence-electron chi connectivity index (χ3n) is 5.92. The summed E-state index contributed by atoms with van der Waals surface area (Å²) in [7, 11) is 0. The number of carboxylic acid groups (broad SMARTS) is 1. The molecule has 0 bridgehead atoms. The molecule has 0 heterocycles. The molecule has 0 aliphatic rings. The Kier molecular flexibility index (Phi) is 19.1. The largest absolute Gasteiger partial charge is 0.479 e. The summed E-state index contributed by atoms with van der Waals surface area (Å²) < 4.78 is 9.64. The minimum atomic E-state index is -2.68. The van der Waals surface area contributed by atoms with Crippen molar-refractivity contribution in [2.75, 3.05) is 6.61 Å². The van der Waals surface area contributed by atoms with E-state index in [0.29, 0.717) is 12.8 Å². The highest BCUT2D eigenvalue weighted by Crippen LogP contribution is 2.19. The number of esters is 3. The fraction of sp³-hybridized carbons (Fsp3) is 0.852. The number of carboxylic acids is 1. The molecule has 1 atom stereocenters. The van der Waals surface area contributed by atoms with E-state index in [1.54, 1.807) is 0 Å². The van der Waals surface area contributed by atoms with Crippen molar-refractivity contribution in [3.05, 3.63) is 0 Å². The molecular formula is C27H48O8. The lowest BCUT2D eigenvalue weighted by molar-refractivity contribution is -0.175. The Labute approximate surface area is 211 Å².